The van der Waals surface area contributed by atoms with E-state index in [1.807, 2.05) is 5.32 Å². The first-order valence-corrected chi connectivity index (χ1v) is 25.0. The van der Waals surface area contributed by atoms with Crippen molar-refractivity contribution in [3.05, 3.63) is 47.6 Å². The molecule has 8 atom stereocenters. The summed E-state index contributed by atoms with van der Waals surface area (Å²) in [6, 6.07) is -3.43. The fraction of sp³-hybridized carbons (Fsp3) is 0.515. The lowest BCUT2D eigenvalue weighted by Gasteiger charge is -2.20. The Kier molecular flexibility index (Phi) is 23.6. The number of aliphatic hydroxyl groups excluding tert-OH is 1. The largest absolute Gasteiger partial charge is 0.490 e. The summed E-state index contributed by atoms with van der Waals surface area (Å²) in [5.74, 6) is 0.230. The maximum absolute atomic E-state index is 12.4. The summed E-state index contributed by atoms with van der Waals surface area (Å²) in [7, 11) is -12.5. The summed E-state index contributed by atoms with van der Waals surface area (Å²) in [5.41, 5.74) is 1.14. The number of carboxylic acids is 3. The fourth-order valence-corrected chi connectivity index (χ4v) is 10.3. The van der Waals surface area contributed by atoms with Gasteiger partial charge in [-0.15, -0.1) is 0 Å². The molecule has 24 nitrogen and oxygen atoms in total. The number of aliphatic carboxylic acids is 3. The number of allylic oxidation sites excluding steroid dienone is 6. The molecular formula is C33H46N3O21P3S2. The number of amides is 3. The van der Waals surface area contributed by atoms with E-state index >= 15 is 0 Å². The van der Waals surface area contributed by atoms with Crippen LogP contribution in [0.2, 0.25) is 0 Å². The van der Waals surface area contributed by atoms with Gasteiger partial charge < -0.3 is 55.8 Å². The van der Waals surface area contributed by atoms with E-state index in [0.29, 0.717) is 42.6 Å². The van der Waals surface area contributed by atoms with E-state index in [2.05, 4.69) is 40.1 Å². The van der Waals surface area contributed by atoms with Gasteiger partial charge in [-0.3, -0.25) is 33.0 Å². The van der Waals surface area contributed by atoms with Crippen LogP contribution >= 0.6 is 45.1 Å². The van der Waals surface area contributed by atoms with Crippen molar-refractivity contribution in [3.8, 4) is 11.8 Å². The zero-order valence-corrected chi connectivity index (χ0v) is 36.9. The van der Waals surface area contributed by atoms with Gasteiger partial charge in [0.25, 0.3) is 0 Å². The number of carboxylic acid groups (broad SMARTS) is 3. The van der Waals surface area contributed by atoms with Crippen LogP contribution < -0.4 is 16.0 Å². The van der Waals surface area contributed by atoms with Gasteiger partial charge >= 0.3 is 41.4 Å². The lowest BCUT2D eigenvalue weighted by Crippen LogP contribution is -2.52. The molecule has 29 heteroatoms. The van der Waals surface area contributed by atoms with Crippen LogP contribution in [-0.2, 0) is 64.9 Å². The van der Waals surface area contributed by atoms with Crippen LogP contribution in [0.4, 0.5) is 0 Å². The smallest absolute Gasteiger partial charge is 0.481 e. The fourth-order valence-electron chi connectivity index (χ4n) is 4.89. The Labute approximate surface area is 362 Å². The molecule has 62 heavy (non-hydrogen) atoms. The number of hydrogen-bond donors (Lipinski definition) is 10. The van der Waals surface area contributed by atoms with Gasteiger partial charge in [-0.05, 0) is 30.6 Å². The van der Waals surface area contributed by atoms with Gasteiger partial charge in [-0.25, -0.2) is 18.5 Å². The molecular weight excluding hydrogens is 931 g/mol. The molecule has 2 rings (SSSR count). The quantitative estimate of drug-likeness (QED) is 0.0241. The van der Waals surface area contributed by atoms with Crippen LogP contribution in [-0.4, -0.2) is 133 Å². The van der Waals surface area contributed by atoms with E-state index in [9.17, 15) is 57.4 Å². The van der Waals surface area contributed by atoms with Crippen molar-refractivity contribution in [1.82, 2.24) is 16.0 Å². The molecule has 1 aliphatic carbocycles. The zero-order valence-electron chi connectivity index (χ0n) is 32.6. The first-order chi connectivity index (χ1) is 29.0. The lowest BCUT2D eigenvalue weighted by molar-refractivity contribution is -0.148. The van der Waals surface area contributed by atoms with Crippen LogP contribution in [0.5, 0.6) is 0 Å². The standard InChI is InChI=1S/C33H46N3O21P3S2/c1-53-58(47,48)56-60(51,52)57-59(49,50)54-20-27-25(37)19-26(55-27)22-9-3-2-7-21(11-12-22)8-6-14-34-28(38)13-16-62-61-15-5-4-10-29(39)35-23(17-30(40)41)32(44)36-24(33(45)46)18-31(42)43/h2-3,7,9,11-12,23-27,37H,4-5,10,13-20H2,1H3,(H,34,38)(H,35,39)(H,36,44)(H,40,41)(H,42,43)(H,45,46)(H,47,48)(H,49,50)(H,51,52)/b3-2-,7-2?,9-3?,12-11-,21-7-,21-11?,22-9+,22-12?/t23?,24?,25?,26-,27-/m1/s1. The van der Waals surface area contributed by atoms with Crippen LogP contribution in [0, 0.1) is 11.8 Å². The lowest BCUT2D eigenvalue weighted by atomic mass is 10.0. The molecule has 1 saturated heterocycles. The predicted molar refractivity (Wildman–Crippen MR) is 219 cm³/mol. The molecule has 346 valence electrons. The SMILES string of the molecule is COP(=O)(O)OP(=O)(O)OP(=O)(O)OC[C@H]1O[C@@H](C2=C/C=C\C=C(C#CCNC(=O)CCSSCCCCC(=O)NC(CC(=O)O)C(=O)NC(CC(=O)O)C(=O)O)/C=C\2)CC1O. The molecule has 0 radical (unpaired) electrons. The van der Waals surface area contributed by atoms with E-state index in [0.717, 1.165) is 0 Å². The van der Waals surface area contributed by atoms with Gasteiger partial charge in [-0.1, -0.05) is 57.7 Å². The number of unbranched alkanes of at least 4 members (excludes halogenated alkanes) is 1. The third kappa shape index (κ3) is 22.6. The zero-order chi connectivity index (χ0) is 46.5. The monoisotopic (exact) mass is 977 g/mol. The maximum atomic E-state index is 12.4. The molecule has 1 aliphatic heterocycles. The molecule has 0 saturated carbocycles. The molecule has 6 unspecified atom stereocenters. The summed E-state index contributed by atoms with van der Waals surface area (Å²) in [5, 5.41) is 44.3. The highest BCUT2D eigenvalue weighted by Crippen LogP contribution is 2.67. The molecule has 2 aliphatic rings. The first kappa shape index (κ1) is 54.5. The number of ether oxygens (including phenoxy) is 1. The van der Waals surface area contributed by atoms with Crippen LogP contribution in [0.3, 0.4) is 0 Å². The van der Waals surface area contributed by atoms with E-state index in [1.165, 1.54) is 21.6 Å². The van der Waals surface area contributed by atoms with Gasteiger partial charge in [0, 0.05) is 43.5 Å². The maximum Gasteiger partial charge on any atom is 0.490 e. The van der Waals surface area contributed by atoms with Gasteiger partial charge in [0.1, 0.15) is 18.2 Å². The molecule has 0 aromatic heterocycles. The highest BCUT2D eigenvalue weighted by Gasteiger charge is 2.43. The number of nitrogens with one attached hydrogen (secondary N) is 3. The van der Waals surface area contributed by atoms with Crippen molar-refractivity contribution >= 4 is 80.7 Å². The molecule has 0 aromatic carbocycles. The Hall–Kier alpha value is -3.63. The number of carbonyl (C=O) groups excluding carboxylic acids is 3. The second-order valence-corrected chi connectivity index (χ2v) is 20.1. The van der Waals surface area contributed by atoms with E-state index in [4.69, 9.17) is 24.9 Å². The molecule has 1 heterocycles. The molecule has 0 spiro atoms. The molecule has 10 N–H and O–H groups in total. The minimum atomic E-state index is -5.61. The summed E-state index contributed by atoms with van der Waals surface area (Å²) in [6.07, 6.45) is 6.33. The number of phosphoric acid groups is 3. The number of hydrogen-bond acceptors (Lipinski definition) is 17. The van der Waals surface area contributed by atoms with Crippen molar-refractivity contribution in [2.75, 3.05) is 31.8 Å². The molecule has 1 fully saturated rings. The van der Waals surface area contributed by atoms with Crippen LogP contribution in [0.25, 0.3) is 0 Å². The Morgan fingerprint density at radius 1 is 0.839 bits per heavy atom. The summed E-state index contributed by atoms with van der Waals surface area (Å²) in [4.78, 5) is 98.7. The highest BCUT2D eigenvalue weighted by molar-refractivity contribution is 8.76. The van der Waals surface area contributed by atoms with E-state index in [1.54, 1.807) is 36.5 Å². The summed E-state index contributed by atoms with van der Waals surface area (Å²) < 4.78 is 57.5. The average Bonchev–Trinajstić information content (AvgIpc) is 3.52. The molecule has 0 aromatic rings. The minimum Gasteiger partial charge on any atom is -0.481 e. The first-order valence-electron chi connectivity index (χ1n) is 18.0. The third-order valence-electron chi connectivity index (χ3n) is 7.78. The number of carbonyl (C=O) groups is 6. The van der Waals surface area contributed by atoms with Crippen molar-refractivity contribution in [2.45, 2.75) is 75.3 Å². The van der Waals surface area contributed by atoms with Crippen molar-refractivity contribution in [1.29, 1.82) is 0 Å². The van der Waals surface area contributed by atoms with Crippen LogP contribution in [0.15, 0.2) is 47.6 Å². The average molecular weight is 978 g/mol. The van der Waals surface area contributed by atoms with Crippen LogP contribution in [0.1, 0.15) is 44.9 Å². The number of aliphatic hydroxyl groups is 1. The van der Waals surface area contributed by atoms with Gasteiger partial charge in [0.2, 0.25) is 17.7 Å². The van der Waals surface area contributed by atoms with Crippen molar-refractivity contribution in [3.63, 3.8) is 0 Å². The minimum absolute atomic E-state index is 0.0331. The normalized spacial score (nSPS) is 23.8. The number of phosphoric ester groups is 2. The Balaban J connectivity index is 1.69. The van der Waals surface area contributed by atoms with E-state index < -0.39 is 103 Å². The Morgan fingerprint density at radius 3 is 2.15 bits per heavy atom. The van der Waals surface area contributed by atoms with E-state index in [-0.39, 0.29) is 31.7 Å². The second kappa shape index (κ2) is 26.9. The second-order valence-electron chi connectivity index (χ2n) is 12.7. The van der Waals surface area contributed by atoms with Gasteiger partial charge in [0.05, 0.1) is 38.2 Å². The predicted octanol–water partition coefficient (Wildman–Crippen LogP) is 1.55. The van der Waals surface area contributed by atoms with Crippen molar-refractivity contribution in [2.24, 2.45) is 0 Å². The summed E-state index contributed by atoms with van der Waals surface area (Å²) >= 11 is 0. The molecule has 0 bridgehead atoms. The number of rotatable bonds is 27. The topological polar surface area (TPSA) is 377 Å². The Morgan fingerprint density at radius 2 is 1.48 bits per heavy atom. The molecule has 3 amide bonds. The summed E-state index contributed by atoms with van der Waals surface area (Å²) in [6.45, 7) is -0.731. The highest BCUT2D eigenvalue weighted by atomic mass is 33.1. The van der Waals surface area contributed by atoms with Gasteiger partial charge in [0.15, 0.2) is 0 Å². The Bertz CT molecular complexity index is 1970. The third-order valence-corrected chi connectivity index (χ3v) is 14.5. The van der Waals surface area contributed by atoms with Gasteiger partial charge in [-0.2, -0.15) is 8.62 Å². The van der Waals surface area contributed by atoms with Crippen molar-refractivity contribution < 1.29 is 100.0 Å².